The summed E-state index contributed by atoms with van der Waals surface area (Å²) in [5.41, 5.74) is 4.96. The lowest BCUT2D eigenvalue weighted by molar-refractivity contribution is -0.0561. The Morgan fingerprint density at radius 3 is 2.39 bits per heavy atom. The standard InChI is InChI=1S/C14H24N2O2/c1-10(2)18-12-6-11(7-16-8-12)14(17,9-15)13(3,4)5/h6-8,10,17H,9,15H2,1-5H3. The monoisotopic (exact) mass is 252 g/mol. The second-order valence-corrected chi connectivity index (χ2v) is 5.89. The molecule has 1 heterocycles. The van der Waals surface area contributed by atoms with Crippen LogP contribution in [0.5, 0.6) is 5.75 Å². The Morgan fingerprint density at radius 2 is 1.94 bits per heavy atom. The zero-order valence-electron chi connectivity index (χ0n) is 11.9. The van der Waals surface area contributed by atoms with Gasteiger partial charge in [0.2, 0.25) is 0 Å². The largest absolute Gasteiger partial charge is 0.489 e. The van der Waals surface area contributed by atoms with Crippen LogP contribution >= 0.6 is 0 Å². The molecule has 1 atom stereocenters. The molecule has 0 saturated carbocycles. The van der Waals surface area contributed by atoms with Crippen LogP contribution in [0.3, 0.4) is 0 Å². The number of rotatable bonds is 4. The molecule has 0 aliphatic heterocycles. The van der Waals surface area contributed by atoms with Gasteiger partial charge in [0.1, 0.15) is 11.4 Å². The molecule has 1 aromatic heterocycles. The molecule has 1 rings (SSSR count). The number of hydrogen-bond acceptors (Lipinski definition) is 4. The molecule has 4 nitrogen and oxygen atoms in total. The fourth-order valence-electron chi connectivity index (χ4n) is 1.84. The van der Waals surface area contributed by atoms with Crippen LogP contribution in [-0.2, 0) is 5.60 Å². The number of aromatic nitrogens is 1. The molecule has 4 heteroatoms. The van der Waals surface area contributed by atoms with Gasteiger partial charge >= 0.3 is 0 Å². The lowest BCUT2D eigenvalue weighted by atomic mass is 9.72. The highest BCUT2D eigenvalue weighted by Crippen LogP contribution is 2.39. The van der Waals surface area contributed by atoms with Gasteiger partial charge in [-0.15, -0.1) is 0 Å². The van der Waals surface area contributed by atoms with Crippen molar-refractivity contribution in [3.63, 3.8) is 0 Å². The summed E-state index contributed by atoms with van der Waals surface area (Å²) in [6.45, 7) is 9.90. The Hall–Kier alpha value is -1.13. The van der Waals surface area contributed by atoms with Gasteiger partial charge in [-0.05, 0) is 25.3 Å². The zero-order chi connectivity index (χ0) is 14.0. The van der Waals surface area contributed by atoms with Gasteiger partial charge in [-0.2, -0.15) is 0 Å². The first kappa shape index (κ1) is 14.9. The molecule has 0 radical (unpaired) electrons. The van der Waals surface area contributed by atoms with Crippen molar-refractivity contribution in [2.24, 2.45) is 11.1 Å². The summed E-state index contributed by atoms with van der Waals surface area (Å²) < 4.78 is 5.59. The number of nitrogens with zero attached hydrogens (tertiary/aromatic N) is 1. The minimum atomic E-state index is -1.11. The van der Waals surface area contributed by atoms with Gasteiger partial charge in [-0.3, -0.25) is 4.98 Å². The predicted molar refractivity (Wildman–Crippen MR) is 72.4 cm³/mol. The first-order valence-electron chi connectivity index (χ1n) is 6.25. The van der Waals surface area contributed by atoms with E-state index in [0.717, 1.165) is 0 Å². The second-order valence-electron chi connectivity index (χ2n) is 5.89. The molecule has 0 spiro atoms. The van der Waals surface area contributed by atoms with Crippen LogP contribution in [0.4, 0.5) is 0 Å². The highest BCUT2D eigenvalue weighted by Gasteiger charge is 2.40. The maximum Gasteiger partial charge on any atom is 0.138 e. The topological polar surface area (TPSA) is 68.4 Å². The molecule has 0 bridgehead atoms. The normalized spacial score (nSPS) is 15.6. The Morgan fingerprint density at radius 1 is 1.33 bits per heavy atom. The quantitative estimate of drug-likeness (QED) is 0.860. The zero-order valence-corrected chi connectivity index (χ0v) is 11.9. The second kappa shape index (κ2) is 5.24. The molecule has 3 N–H and O–H groups in total. The molecule has 18 heavy (non-hydrogen) atoms. The molecule has 0 aliphatic carbocycles. The maximum absolute atomic E-state index is 10.8. The van der Waals surface area contributed by atoms with Crippen LogP contribution in [0, 0.1) is 5.41 Å². The highest BCUT2D eigenvalue weighted by molar-refractivity contribution is 5.30. The minimum Gasteiger partial charge on any atom is -0.489 e. The van der Waals surface area contributed by atoms with Gasteiger partial charge in [-0.25, -0.2) is 0 Å². The molecule has 1 aromatic rings. The first-order chi connectivity index (χ1) is 8.20. The van der Waals surface area contributed by atoms with E-state index < -0.39 is 5.60 Å². The van der Waals surface area contributed by atoms with E-state index in [4.69, 9.17) is 10.5 Å². The van der Waals surface area contributed by atoms with Crippen molar-refractivity contribution in [2.75, 3.05) is 6.54 Å². The van der Waals surface area contributed by atoms with E-state index in [-0.39, 0.29) is 18.1 Å². The Bertz CT molecular complexity index is 399. The summed E-state index contributed by atoms with van der Waals surface area (Å²) >= 11 is 0. The number of pyridine rings is 1. The van der Waals surface area contributed by atoms with E-state index in [9.17, 15) is 5.11 Å². The van der Waals surface area contributed by atoms with E-state index in [2.05, 4.69) is 4.98 Å². The van der Waals surface area contributed by atoms with E-state index in [1.54, 1.807) is 12.4 Å². The first-order valence-corrected chi connectivity index (χ1v) is 6.25. The van der Waals surface area contributed by atoms with Crippen LogP contribution in [0.15, 0.2) is 18.5 Å². The third-order valence-electron chi connectivity index (χ3n) is 3.10. The Balaban J connectivity index is 3.15. The summed E-state index contributed by atoms with van der Waals surface area (Å²) in [5.74, 6) is 0.652. The summed E-state index contributed by atoms with van der Waals surface area (Å²) in [6, 6.07) is 1.81. The van der Waals surface area contributed by atoms with Gasteiger partial charge in [0.05, 0.1) is 12.3 Å². The number of nitrogens with two attached hydrogens (primary N) is 1. The average Bonchev–Trinajstić information content (AvgIpc) is 2.25. The van der Waals surface area contributed by atoms with Crippen LogP contribution < -0.4 is 10.5 Å². The number of hydrogen-bond donors (Lipinski definition) is 2. The molecule has 0 aliphatic rings. The summed E-state index contributed by atoms with van der Waals surface area (Å²) in [6.07, 6.45) is 3.36. The minimum absolute atomic E-state index is 0.0719. The molecule has 0 fully saturated rings. The highest BCUT2D eigenvalue weighted by atomic mass is 16.5. The van der Waals surface area contributed by atoms with Crippen molar-refractivity contribution >= 4 is 0 Å². The van der Waals surface area contributed by atoms with Crippen LogP contribution in [0.2, 0.25) is 0 Å². The number of ether oxygens (including phenoxy) is 1. The van der Waals surface area contributed by atoms with Gasteiger partial charge in [0, 0.05) is 18.3 Å². The third-order valence-corrected chi connectivity index (χ3v) is 3.10. The third kappa shape index (κ3) is 3.00. The molecule has 0 aromatic carbocycles. The predicted octanol–water partition coefficient (Wildman–Crippen LogP) is 2.06. The van der Waals surface area contributed by atoms with Crippen LogP contribution in [0.1, 0.15) is 40.2 Å². The summed E-state index contributed by atoms with van der Waals surface area (Å²) in [4.78, 5) is 4.12. The van der Waals surface area contributed by atoms with E-state index in [0.29, 0.717) is 11.3 Å². The van der Waals surface area contributed by atoms with Crippen LogP contribution in [0.25, 0.3) is 0 Å². The molecular formula is C14H24N2O2. The summed E-state index contributed by atoms with van der Waals surface area (Å²) in [7, 11) is 0. The molecule has 0 saturated heterocycles. The lowest BCUT2D eigenvalue weighted by Crippen LogP contribution is -2.46. The van der Waals surface area contributed by atoms with Gasteiger partial charge in [-0.1, -0.05) is 20.8 Å². The van der Waals surface area contributed by atoms with E-state index >= 15 is 0 Å². The van der Waals surface area contributed by atoms with Crippen LogP contribution in [-0.4, -0.2) is 22.7 Å². The molecule has 1 unspecified atom stereocenters. The van der Waals surface area contributed by atoms with Crippen molar-refractivity contribution in [3.05, 3.63) is 24.0 Å². The maximum atomic E-state index is 10.8. The van der Waals surface area contributed by atoms with Gasteiger partial charge < -0.3 is 15.6 Å². The van der Waals surface area contributed by atoms with Crippen molar-refractivity contribution < 1.29 is 9.84 Å². The average molecular weight is 252 g/mol. The summed E-state index contributed by atoms with van der Waals surface area (Å²) in [5, 5.41) is 10.8. The Labute approximate surface area is 109 Å². The van der Waals surface area contributed by atoms with Crippen molar-refractivity contribution in [1.82, 2.24) is 4.98 Å². The van der Waals surface area contributed by atoms with Gasteiger partial charge in [0.25, 0.3) is 0 Å². The SMILES string of the molecule is CC(C)Oc1cncc(C(O)(CN)C(C)(C)C)c1. The number of aliphatic hydroxyl groups is 1. The van der Waals surface area contributed by atoms with E-state index in [1.165, 1.54) is 0 Å². The Kier molecular flexibility index (Phi) is 4.35. The smallest absolute Gasteiger partial charge is 0.138 e. The fourth-order valence-corrected chi connectivity index (χ4v) is 1.84. The fraction of sp³-hybridized carbons (Fsp3) is 0.643. The lowest BCUT2D eigenvalue weighted by Gasteiger charge is -2.39. The van der Waals surface area contributed by atoms with Crippen molar-refractivity contribution in [1.29, 1.82) is 0 Å². The van der Waals surface area contributed by atoms with Crippen molar-refractivity contribution in [3.8, 4) is 5.75 Å². The molecule has 0 amide bonds. The van der Waals surface area contributed by atoms with Gasteiger partial charge in [0.15, 0.2) is 0 Å². The molecular weight excluding hydrogens is 228 g/mol. The van der Waals surface area contributed by atoms with E-state index in [1.807, 2.05) is 40.7 Å². The molecule has 102 valence electrons. The van der Waals surface area contributed by atoms with Crippen molar-refractivity contribution in [2.45, 2.75) is 46.3 Å².